The van der Waals surface area contributed by atoms with Gasteiger partial charge < -0.3 is 28.5 Å². The summed E-state index contributed by atoms with van der Waals surface area (Å²) in [5, 5.41) is 3.04. The van der Waals surface area contributed by atoms with E-state index in [2.05, 4.69) is 111 Å². The predicted molar refractivity (Wildman–Crippen MR) is 371 cm³/mol. The summed E-state index contributed by atoms with van der Waals surface area (Å²) in [7, 11) is 1.17. The lowest BCUT2D eigenvalue weighted by Gasteiger charge is -2.30. The summed E-state index contributed by atoms with van der Waals surface area (Å²) in [4.78, 5) is 40.2. The highest BCUT2D eigenvalue weighted by Crippen LogP contribution is 2.38. The first kappa shape index (κ1) is 82.9. The van der Waals surface area contributed by atoms with Crippen LogP contribution in [-0.2, 0) is 27.9 Å². The number of phosphoric acid groups is 1. The molecule has 0 aromatic rings. The summed E-state index contributed by atoms with van der Waals surface area (Å²) < 4.78 is 30.5. The summed E-state index contributed by atoms with van der Waals surface area (Å²) >= 11 is 0. The molecule has 0 aliphatic rings. The van der Waals surface area contributed by atoms with Gasteiger partial charge in [0.1, 0.15) is 19.3 Å². The first-order chi connectivity index (χ1) is 41.9. The molecule has 3 unspecified atom stereocenters. The van der Waals surface area contributed by atoms with Gasteiger partial charge in [-0.2, -0.15) is 0 Å². The lowest BCUT2D eigenvalue weighted by Crippen LogP contribution is -2.47. The van der Waals surface area contributed by atoms with E-state index in [1.54, 1.807) is 0 Å². The van der Waals surface area contributed by atoms with Crippen LogP contribution in [0, 0.1) is 0 Å². The monoisotopic (exact) mass is 1220 g/mol. The van der Waals surface area contributed by atoms with Crippen molar-refractivity contribution in [2.45, 2.75) is 335 Å². The molecule has 9 nitrogen and oxygen atoms in total. The molecule has 0 aromatic carbocycles. The highest BCUT2D eigenvalue weighted by molar-refractivity contribution is 7.45. The predicted octanol–water partition coefficient (Wildman–Crippen LogP) is 22.4. The van der Waals surface area contributed by atoms with Gasteiger partial charge in [0.2, 0.25) is 5.91 Å². The Labute approximate surface area is 532 Å². The van der Waals surface area contributed by atoms with Crippen LogP contribution in [0.5, 0.6) is 0 Å². The molecule has 0 heterocycles. The normalized spacial score (nSPS) is 14.1. The van der Waals surface area contributed by atoms with Gasteiger partial charge in [-0.25, -0.2) is 0 Å². The Hall–Kier alpha value is -3.07. The van der Waals surface area contributed by atoms with Crippen molar-refractivity contribution >= 4 is 19.7 Å². The van der Waals surface area contributed by atoms with Gasteiger partial charge in [-0.1, -0.05) is 298 Å². The second-order valence-corrected chi connectivity index (χ2v) is 26.8. The van der Waals surface area contributed by atoms with Gasteiger partial charge >= 0.3 is 5.97 Å². The SMILES string of the molecule is CC/C=C\C/C=C\C/C=C\C/C=C\C/C=C\C/C=C\CCCCCCCCC(=O)OC(/C=C/CCCCCCCCCCCC)C(COP(=O)([O-])OCC[N+](C)(C)C)NC(=O)CCCCCCCCCCCCCCC/C=C/CCCCCCCC. The number of carbonyl (C=O) groups is 2. The lowest BCUT2D eigenvalue weighted by molar-refractivity contribution is -0.870. The number of phosphoric ester groups is 1. The number of esters is 1. The van der Waals surface area contributed by atoms with Crippen molar-refractivity contribution in [3.05, 3.63) is 97.2 Å². The summed E-state index contributed by atoms with van der Waals surface area (Å²) in [6.45, 7) is 6.74. The number of allylic oxidation sites excluding steroid dienone is 15. The van der Waals surface area contributed by atoms with E-state index in [4.69, 9.17) is 13.8 Å². The third-order valence-corrected chi connectivity index (χ3v) is 16.7. The van der Waals surface area contributed by atoms with E-state index in [9.17, 15) is 19.0 Å². The minimum atomic E-state index is -4.71. The van der Waals surface area contributed by atoms with Crippen molar-refractivity contribution in [1.82, 2.24) is 5.32 Å². The summed E-state index contributed by atoms with van der Waals surface area (Å²) in [6, 6.07) is -0.900. The van der Waals surface area contributed by atoms with Crippen molar-refractivity contribution < 1.29 is 37.3 Å². The first-order valence-corrected chi connectivity index (χ1v) is 37.5. The minimum Gasteiger partial charge on any atom is -0.756 e. The molecule has 0 bridgehead atoms. The van der Waals surface area contributed by atoms with E-state index >= 15 is 0 Å². The minimum absolute atomic E-state index is 0.0280. The number of hydrogen-bond donors (Lipinski definition) is 1. The van der Waals surface area contributed by atoms with Gasteiger partial charge in [0.15, 0.2) is 0 Å². The van der Waals surface area contributed by atoms with E-state index in [1.165, 1.54) is 167 Å². The molecule has 0 aliphatic heterocycles. The number of amides is 1. The molecular weight excluding hydrogens is 1080 g/mol. The maximum absolute atomic E-state index is 13.6. The number of likely N-dealkylation sites (N-methyl/N-ethyl adjacent to an activating group) is 1. The summed E-state index contributed by atoms with van der Waals surface area (Å²) in [6.07, 6.45) is 88.1. The van der Waals surface area contributed by atoms with Gasteiger partial charge in [0.25, 0.3) is 7.82 Å². The van der Waals surface area contributed by atoms with Gasteiger partial charge in [0.05, 0.1) is 33.8 Å². The molecule has 0 aromatic heterocycles. The Morgan fingerprint density at radius 1 is 0.419 bits per heavy atom. The van der Waals surface area contributed by atoms with Crippen LogP contribution >= 0.6 is 7.82 Å². The van der Waals surface area contributed by atoms with E-state index in [1.807, 2.05) is 33.3 Å². The molecule has 0 radical (unpaired) electrons. The zero-order valence-corrected chi connectivity index (χ0v) is 57.9. The molecule has 1 N–H and O–H groups in total. The second kappa shape index (κ2) is 64.9. The van der Waals surface area contributed by atoms with Crippen molar-refractivity contribution in [2.24, 2.45) is 0 Å². The van der Waals surface area contributed by atoms with E-state index in [-0.39, 0.29) is 24.9 Å². The van der Waals surface area contributed by atoms with Gasteiger partial charge in [-0.05, 0) is 109 Å². The quantitative estimate of drug-likeness (QED) is 0.0212. The number of quaternary nitrogens is 1. The van der Waals surface area contributed by atoms with E-state index in [0.29, 0.717) is 23.9 Å². The zero-order valence-electron chi connectivity index (χ0n) is 57.0. The molecular formula is C76H137N2O7P. The first-order valence-electron chi connectivity index (χ1n) is 36.0. The fourth-order valence-electron chi connectivity index (χ4n) is 10.2. The standard InChI is InChI=1S/C76H137N2O7P/c1-7-10-13-16-19-22-25-28-30-32-34-36-38-39-41-43-45-47-49-51-54-57-60-63-66-69-76(80)85-74(67-64-61-58-55-52-27-24-21-18-15-12-9-3)73(72-84-86(81,82)83-71-70-78(4,5)6)77-75(79)68-65-62-59-56-53-50-48-46-44-42-40-37-35-33-31-29-26-23-20-17-14-11-8-2/h10,13,19,22,28-31,34,36,39,41,45,47,64,67,73-74H,7-9,11-12,14-18,20-21,23-27,32-33,35,37-38,40,42-44,46,48-63,65-66,68-72H2,1-6H3,(H-,77,79,81,82)/b13-10-,22-19-,30-28-,31-29+,36-34-,41-39-,47-45-,67-64+. The van der Waals surface area contributed by atoms with Crippen LogP contribution in [0.4, 0.5) is 0 Å². The average molecular weight is 1220 g/mol. The van der Waals surface area contributed by atoms with Gasteiger partial charge in [-0.15, -0.1) is 0 Å². The molecule has 0 rings (SSSR count). The van der Waals surface area contributed by atoms with E-state index < -0.39 is 26.6 Å². The Balaban J connectivity index is 5.10. The van der Waals surface area contributed by atoms with Crippen LogP contribution in [0.1, 0.15) is 323 Å². The highest BCUT2D eigenvalue weighted by atomic mass is 31.2. The Kier molecular flexibility index (Phi) is 62.6. The van der Waals surface area contributed by atoms with Crippen molar-refractivity contribution in [1.29, 1.82) is 0 Å². The molecule has 86 heavy (non-hydrogen) atoms. The Morgan fingerprint density at radius 2 is 0.744 bits per heavy atom. The van der Waals surface area contributed by atoms with Crippen LogP contribution in [0.3, 0.4) is 0 Å². The highest BCUT2D eigenvalue weighted by Gasteiger charge is 2.27. The number of nitrogens with one attached hydrogen (secondary N) is 1. The molecule has 0 saturated carbocycles. The largest absolute Gasteiger partial charge is 0.756 e. The zero-order chi connectivity index (χ0) is 62.8. The Bertz CT molecular complexity index is 1790. The smallest absolute Gasteiger partial charge is 0.306 e. The molecule has 0 fully saturated rings. The molecule has 0 saturated heterocycles. The fourth-order valence-corrected chi connectivity index (χ4v) is 11.0. The molecule has 3 atom stereocenters. The number of hydrogen-bond acceptors (Lipinski definition) is 7. The van der Waals surface area contributed by atoms with Gasteiger partial charge in [0, 0.05) is 12.8 Å². The molecule has 498 valence electrons. The summed E-state index contributed by atoms with van der Waals surface area (Å²) in [5.74, 6) is -0.553. The number of unbranched alkanes of at least 4 members (excludes halogenated alkanes) is 35. The number of rotatable bonds is 65. The number of carbonyl (C=O) groups excluding carboxylic acids is 2. The van der Waals surface area contributed by atoms with E-state index in [0.717, 1.165) is 116 Å². The van der Waals surface area contributed by atoms with Gasteiger partial charge in [-0.3, -0.25) is 14.2 Å². The van der Waals surface area contributed by atoms with Crippen LogP contribution in [0.2, 0.25) is 0 Å². The topological polar surface area (TPSA) is 114 Å². The van der Waals surface area contributed by atoms with Crippen LogP contribution in [0.25, 0.3) is 0 Å². The summed E-state index contributed by atoms with van der Waals surface area (Å²) in [5.41, 5.74) is 0. The number of nitrogens with zero attached hydrogens (tertiary/aromatic N) is 1. The van der Waals surface area contributed by atoms with Crippen LogP contribution in [0.15, 0.2) is 97.2 Å². The van der Waals surface area contributed by atoms with Crippen LogP contribution in [-0.4, -0.2) is 69.4 Å². The third-order valence-electron chi connectivity index (χ3n) is 15.7. The molecule has 1 amide bonds. The second-order valence-electron chi connectivity index (χ2n) is 25.4. The molecule has 0 spiro atoms. The van der Waals surface area contributed by atoms with Crippen molar-refractivity contribution in [3.8, 4) is 0 Å². The Morgan fingerprint density at radius 3 is 1.13 bits per heavy atom. The van der Waals surface area contributed by atoms with Crippen molar-refractivity contribution in [3.63, 3.8) is 0 Å². The maximum atomic E-state index is 13.6. The van der Waals surface area contributed by atoms with Crippen LogP contribution < -0.4 is 10.2 Å². The average Bonchev–Trinajstić information content (AvgIpc) is 3.65. The third kappa shape index (κ3) is 65.4. The fraction of sp³-hybridized carbons (Fsp3) is 0.763. The lowest BCUT2D eigenvalue weighted by atomic mass is 10.0. The number of ether oxygens (including phenoxy) is 1. The molecule has 10 heteroatoms. The van der Waals surface area contributed by atoms with Crippen molar-refractivity contribution in [2.75, 3.05) is 40.9 Å². The maximum Gasteiger partial charge on any atom is 0.306 e. The molecule has 0 aliphatic carbocycles.